The van der Waals surface area contributed by atoms with Crippen LogP contribution in [0.1, 0.15) is 33.1 Å². The highest BCUT2D eigenvalue weighted by molar-refractivity contribution is 5.67. The summed E-state index contributed by atoms with van der Waals surface area (Å²) in [5.74, 6) is 0.241. The van der Waals surface area contributed by atoms with Crippen LogP contribution in [0.25, 0.3) is 0 Å². The lowest BCUT2D eigenvalue weighted by Gasteiger charge is -2.15. The van der Waals surface area contributed by atoms with Gasteiger partial charge in [0.15, 0.2) is 5.82 Å². The summed E-state index contributed by atoms with van der Waals surface area (Å²) in [4.78, 5) is 18.9. The van der Waals surface area contributed by atoms with Crippen molar-refractivity contribution in [1.82, 2.24) is 9.97 Å². The number of rotatable bonds is 8. The minimum absolute atomic E-state index is 0.0210. The average Bonchev–Trinajstić information content (AvgIpc) is 2.37. The van der Waals surface area contributed by atoms with Gasteiger partial charge >= 0.3 is 5.97 Å². The van der Waals surface area contributed by atoms with Crippen molar-refractivity contribution < 1.29 is 9.90 Å². The molecular weight excluding hydrogens is 246 g/mol. The molecule has 0 saturated carbocycles. The average molecular weight is 267 g/mol. The van der Waals surface area contributed by atoms with Crippen LogP contribution in [0.2, 0.25) is 0 Å². The smallest absolute Gasteiger partial charge is 0.303 e. The molecule has 5 N–H and O–H groups in total. The van der Waals surface area contributed by atoms with Crippen LogP contribution in [0.5, 0.6) is 0 Å². The second kappa shape index (κ2) is 7.40. The van der Waals surface area contributed by atoms with Crippen molar-refractivity contribution in [3.63, 3.8) is 0 Å². The lowest BCUT2D eigenvalue weighted by molar-refractivity contribution is -0.137. The molecule has 1 rings (SSSR count). The van der Waals surface area contributed by atoms with Gasteiger partial charge in [0.05, 0.1) is 11.9 Å². The van der Waals surface area contributed by atoms with E-state index in [1.54, 1.807) is 0 Å². The van der Waals surface area contributed by atoms with Crippen LogP contribution in [-0.2, 0) is 4.79 Å². The highest BCUT2D eigenvalue weighted by Gasteiger charge is 2.09. The molecule has 1 aromatic heterocycles. The molecule has 7 heteroatoms. The molecule has 0 aromatic carbocycles. The third kappa shape index (κ3) is 5.41. The van der Waals surface area contributed by atoms with Crippen LogP contribution in [0, 0.1) is 0 Å². The van der Waals surface area contributed by atoms with Gasteiger partial charge in [0, 0.05) is 19.0 Å². The van der Waals surface area contributed by atoms with E-state index in [2.05, 4.69) is 27.5 Å². The maximum atomic E-state index is 10.5. The molecule has 0 aliphatic rings. The predicted octanol–water partition coefficient (Wildman–Crippen LogP) is 1.55. The fourth-order valence-electron chi connectivity index (χ4n) is 1.47. The molecule has 0 spiro atoms. The maximum Gasteiger partial charge on any atom is 0.303 e. The summed E-state index contributed by atoms with van der Waals surface area (Å²) < 4.78 is 0. The van der Waals surface area contributed by atoms with Crippen molar-refractivity contribution in [1.29, 1.82) is 0 Å². The molecule has 1 aromatic rings. The highest BCUT2D eigenvalue weighted by Crippen LogP contribution is 2.17. The van der Waals surface area contributed by atoms with Gasteiger partial charge < -0.3 is 21.5 Å². The summed E-state index contributed by atoms with van der Waals surface area (Å²) in [5.41, 5.74) is 6.24. The zero-order chi connectivity index (χ0) is 14.3. The number of aromatic nitrogens is 2. The number of carbonyl (C=O) groups is 1. The molecule has 0 aliphatic heterocycles. The Balaban J connectivity index is 2.62. The van der Waals surface area contributed by atoms with E-state index in [9.17, 15) is 4.79 Å². The maximum absolute atomic E-state index is 10.5. The van der Waals surface area contributed by atoms with Crippen molar-refractivity contribution in [2.75, 3.05) is 22.9 Å². The Bertz CT molecular complexity index is 425. The topological polar surface area (TPSA) is 113 Å². The van der Waals surface area contributed by atoms with Crippen LogP contribution in [0.3, 0.4) is 0 Å². The second-order valence-electron chi connectivity index (χ2n) is 4.40. The van der Waals surface area contributed by atoms with Crippen molar-refractivity contribution in [3.05, 3.63) is 6.20 Å². The molecule has 0 radical (unpaired) electrons. The fraction of sp³-hybridized carbons (Fsp3) is 0.583. The minimum Gasteiger partial charge on any atom is -0.481 e. The molecule has 0 aliphatic carbocycles. The van der Waals surface area contributed by atoms with Crippen molar-refractivity contribution in [2.45, 2.75) is 39.2 Å². The van der Waals surface area contributed by atoms with Crippen LogP contribution in [-0.4, -0.2) is 33.6 Å². The first kappa shape index (κ1) is 15.0. The van der Waals surface area contributed by atoms with Crippen LogP contribution in [0.15, 0.2) is 6.20 Å². The summed E-state index contributed by atoms with van der Waals surface area (Å²) in [6.07, 6.45) is 3.14. The van der Waals surface area contributed by atoms with Gasteiger partial charge in [0.2, 0.25) is 5.95 Å². The third-order valence-corrected chi connectivity index (χ3v) is 2.52. The first-order valence-corrected chi connectivity index (χ1v) is 6.37. The van der Waals surface area contributed by atoms with Crippen molar-refractivity contribution in [2.24, 2.45) is 0 Å². The fourth-order valence-corrected chi connectivity index (χ4v) is 1.47. The van der Waals surface area contributed by atoms with E-state index >= 15 is 0 Å². The van der Waals surface area contributed by atoms with Gasteiger partial charge in [0.1, 0.15) is 0 Å². The van der Waals surface area contributed by atoms with Gasteiger partial charge in [-0.05, 0) is 19.8 Å². The Hall–Kier alpha value is -2.05. The molecule has 1 heterocycles. The Morgan fingerprint density at radius 3 is 2.95 bits per heavy atom. The monoisotopic (exact) mass is 267 g/mol. The lowest BCUT2D eigenvalue weighted by atomic mass is 10.2. The zero-order valence-electron chi connectivity index (χ0n) is 11.3. The summed E-state index contributed by atoms with van der Waals surface area (Å²) >= 11 is 0. The van der Waals surface area contributed by atoms with Gasteiger partial charge in [-0.3, -0.25) is 4.79 Å². The number of hydrogen-bond acceptors (Lipinski definition) is 6. The summed E-state index contributed by atoms with van der Waals surface area (Å²) in [6, 6.07) is -0.0210. The van der Waals surface area contributed by atoms with E-state index in [-0.39, 0.29) is 12.5 Å². The Kier molecular flexibility index (Phi) is 5.84. The van der Waals surface area contributed by atoms with Crippen LogP contribution < -0.4 is 16.4 Å². The number of nitrogens with zero attached hydrogens (tertiary/aromatic N) is 2. The number of nitrogens with two attached hydrogens (primary N) is 1. The molecule has 1 atom stereocenters. The number of hydrogen-bond donors (Lipinski definition) is 4. The molecule has 0 fully saturated rings. The molecular formula is C12H21N5O2. The molecule has 106 valence electrons. The Morgan fingerprint density at radius 2 is 2.32 bits per heavy atom. The third-order valence-electron chi connectivity index (χ3n) is 2.52. The van der Waals surface area contributed by atoms with Gasteiger partial charge in [-0.15, -0.1) is 0 Å². The van der Waals surface area contributed by atoms with E-state index in [4.69, 9.17) is 10.8 Å². The van der Waals surface area contributed by atoms with Gasteiger partial charge in [0.25, 0.3) is 0 Å². The predicted molar refractivity (Wildman–Crippen MR) is 75.2 cm³/mol. The molecule has 7 nitrogen and oxygen atoms in total. The minimum atomic E-state index is -0.811. The van der Waals surface area contributed by atoms with E-state index < -0.39 is 5.97 Å². The van der Waals surface area contributed by atoms with E-state index in [0.29, 0.717) is 23.9 Å². The summed E-state index contributed by atoms with van der Waals surface area (Å²) in [7, 11) is 0. The molecule has 0 saturated heterocycles. The standard InChI is InChI=1S/C12H21N5O2/c1-3-6-14-12-15-7-9(13)11(17-12)16-8(2)4-5-10(18)19/h7-8H,3-6,13H2,1-2H3,(H,18,19)(H2,14,15,16,17). The first-order chi connectivity index (χ1) is 9.02. The molecule has 1 unspecified atom stereocenters. The van der Waals surface area contributed by atoms with Gasteiger partial charge in [-0.2, -0.15) is 4.98 Å². The van der Waals surface area contributed by atoms with Crippen molar-refractivity contribution >= 4 is 23.4 Å². The number of anilines is 3. The molecule has 0 amide bonds. The summed E-state index contributed by atoms with van der Waals surface area (Å²) in [5, 5.41) is 14.8. The van der Waals surface area contributed by atoms with E-state index in [1.807, 2.05) is 6.92 Å². The largest absolute Gasteiger partial charge is 0.481 e. The Labute approximate surface area is 112 Å². The van der Waals surface area contributed by atoms with Crippen molar-refractivity contribution in [3.8, 4) is 0 Å². The highest BCUT2D eigenvalue weighted by atomic mass is 16.4. The van der Waals surface area contributed by atoms with E-state index in [1.165, 1.54) is 6.20 Å². The van der Waals surface area contributed by atoms with Gasteiger partial charge in [-0.1, -0.05) is 6.92 Å². The Morgan fingerprint density at radius 1 is 1.58 bits per heavy atom. The molecule has 19 heavy (non-hydrogen) atoms. The van der Waals surface area contributed by atoms with Crippen LogP contribution >= 0.6 is 0 Å². The van der Waals surface area contributed by atoms with Gasteiger partial charge in [-0.25, -0.2) is 4.98 Å². The normalized spacial score (nSPS) is 11.9. The zero-order valence-corrected chi connectivity index (χ0v) is 11.3. The lowest BCUT2D eigenvalue weighted by Crippen LogP contribution is -2.19. The van der Waals surface area contributed by atoms with E-state index in [0.717, 1.165) is 13.0 Å². The molecule has 0 bridgehead atoms. The number of aliphatic carboxylic acids is 1. The quantitative estimate of drug-likeness (QED) is 0.565. The number of carboxylic acids is 1. The number of nitrogen functional groups attached to an aromatic ring is 1. The second-order valence-corrected chi connectivity index (χ2v) is 4.40. The summed E-state index contributed by atoms with van der Waals surface area (Å²) in [6.45, 7) is 4.74. The number of carboxylic acid groups (broad SMARTS) is 1. The van der Waals surface area contributed by atoms with Crippen LogP contribution in [0.4, 0.5) is 17.5 Å². The SMILES string of the molecule is CCCNc1ncc(N)c(NC(C)CCC(=O)O)n1. The first-order valence-electron chi connectivity index (χ1n) is 6.37. The number of nitrogens with one attached hydrogen (secondary N) is 2.